The number of esters is 1. The number of allylic oxidation sites excluding steroid dienone is 1. The van der Waals surface area contributed by atoms with Crippen LogP contribution in [0, 0.1) is 0 Å². The molecule has 1 atom stereocenters. The molecule has 1 aliphatic rings. The van der Waals surface area contributed by atoms with Crippen LogP contribution in [0.5, 0.6) is 5.75 Å². The molecule has 0 saturated carbocycles. The third kappa shape index (κ3) is 5.22. The Balaban J connectivity index is 1.89. The van der Waals surface area contributed by atoms with Crippen LogP contribution in [-0.2, 0) is 9.53 Å². The van der Waals surface area contributed by atoms with E-state index < -0.39 is 12.0 Å². The standard InChI is InChI=1S/C26H24Cl2N2O4S/c1-5-33-20-11-6-16(12-19(20)28)13-21-24(31)30-23(17-7-9-18(27)10-8-17)22(25(32)34-14(2)3)15(4)29-26(30)35-21/h6-14,23H,5H2,1-4H3/b21-13-/t23-/m1/s1. The Morgan fingerprint density at radius 1 is 1.20 bits per heavy atom. The molecule has 1 aliphatic heterocycles. The molecular weight excluding hydrogens is 507 g/mol. The van der Waals surface area contributed by atoms with Crippen molar-refractivity contribution >= 4 is 46.6 Å². The molecule has 2 aromatic carbocycles. The molecule has 0 unspecified atom stereocenters. The zero-order chi connectivity index (χ0) is 25.3. The number of aromatic nitrogens is 1. The van der Waals surface area contributed by atoms with Gasteiger partial charge in [0.05, 0.1) is 39.6 Å². The third-order valence-electron chi connectivity index (χ3n) is 5.32. The summed E-state index contributed by atoms with van der Waals surface area (Å²) in [6, 6.07) is 11.7. The summed E-state index contributed by atoms with van der Waals surface area (Å²) in [4.78, 5) is 31.8. The maximum Gasteiger partial charge on any atom is 0.338 e. The van der Waals surface area contributed by atoms with Crippen molar-refractivity contribution in [3.63, 3.8) is 0 Å². The van der Waals surface area contributed by atoms with Gasteiger partial charge < -0.3 is 9.47 Å². The largest absolute Gasteiger partial charge is 0.492 e. The van der Waals surface area contributed by atoms with Gasteiger partial charge in [0, 0.05) is 5.02 Å². The number of thiazole rings is 1. The van der Waals surface area contributed by atoms with Crippen LogP contribution in [0.25, 0.3) is 6.08 Å². The predicted octanol–water partition coefficient (Wildman–Crippen LogP) is 4.89. The van der Waals surface area contributed by atoms with Crippen molar-refractivity contribution in [1.29, 1.82) is 0 Å². The Kier molecular flexibility index (Phi) is 7.50. The SMILES string of the molecule is CCOc1ccc(/C=c2\sc3n(c2=O)[C@H](c2ccc(Cl)cc2)C(C(=O)OC(C)C)=C(C)N=3)cc1Cl. The van der Waals surface area contributed by atoms with Gasteiger partial charge in [-0.3, -0.25) is 9.36 Å². The molecule has 182 valence electrons. The number of ether oxygens (including phenoxy) is 2. The fourth-order valence-corrected chi connectivity index (χ4v) is 5.27. The van der Waals surface area contributed by atoms with E-state index >= 15 is 0 Å². The fraction of sp³-hybridized carbons (Fsp3) is 0.269. The van der Waals surface area contributed by atoms with E-state index in [1.165, 1.54) is 11.3 Å². The fourth-order valence-electron chi connectivity index (χ4n) is 3.85. The lowest BCUT2D eigenvalue weighted by molar-refractivity contribution is -0.143. The highest BCUT2D eigenvalue weighted by atomic mass is 35.5. The molecule has 0 aliphatic carbocycles. The van der Waals surface area contributed by atoms with Gasteiger partial charge in [0.1, 0.15) is 5.75 Å². The first-order valence-electron chi connectivity index (χ1n) is 11.1. The third-order valence-corrected chi connectivity index (χ3v) is 6.85. The van der Waals surface area contributed by atoms with Gasteiger partial charge in [0.15, 0.2) is 4.80 Å². The van der Waals surface area contributed by atoms with E-state index in [0.717, 1.165) is 11.1 Å². The van der Waals surface area contributed by atoms with Crippen LogP contribution in [0.1, 0.15) is 44.9 Å². The Morgan fingerprint density at radius 2 is 1.91 bits per heavy atom. The van der Waals surface area contributed by atoms with E-state index in [1.807, 2.05) is 13.0 Å². The van der Waals surface area contributed by atoms with Gasteiger partial charge in [-0.25, -0.2) is 9.79 Å². The van der Waals surface area contributed by atoms with Gasteiger partial charge in [-0.2, -0.15) is 0 Å². The van der Waals surface area contributed by atoms with E-state index in [2.05, 4.69) is 4.99 Å². The number of carbonyl (C=O) groups is 1. The first kappa shape index (κ1) is 25.2. The molecule has 3 aromatic rings. The zero-order valence-electron chi connectivity index (χ0n) is 19.7. The summed E-state index contributed by atoms with van der Waals surface area (Å²) < 4.78 is 13.0. The zero-order valence-corrected chi connectivity index (χ0v) is 22.0. The Labute approximate surface area is 216 Å². The molecule has 0 bridgehead atoms. The number of fused-ring (bicyclic) bond motifs is 1. The number of halogens is 2. The summed E-state index contributed by atoms with van der Waals surface area (Å²) in [6.07, 6.45) is 1.44. The van der Waals surface area contributed by atoms with Crippen LogP contribution < -0.4 is 19.6 Å². The molecule has 1 aromatic heterocycles. The van der Waals surface area contributed by atoms with Crippen molar-refractivity contribution in [2.24, 2.45) is 4.99 Å². The van der Waals surface area contributed by atoms with Crippen molar-refractivity contribution in [2.45, 2.75) is 39.8 Å². The lowest BCUT2D eigenvalue weighted by Crippen LogP contribution is -2.40. The molecule has 6 nitrogen and oxygen atoms in total. The van der Waals surface area contributed by atoms with Crippen LogP contribution in [0.4, 0.5) is 0 Å². The first-order valence-corrected chi connectivity index (χ1v) is 12.7. The van der Waals surface area contributed by atoms with Crippen LogP contribution >= 0.6 is 34.5 Å². The summed E-state index contributed by atoms with van der Waals surface area (Å²) in [5, 5.41) is 1.02. The van der Waals surface area contributed by atoms with Crippen LogP contribution in [0.2, 0.25) is 10.0 Å². The lowest BCUT2D eigenvalue weighted by atomic mass is 9.96. The second-order valence-corrected chi connectivity index (χ2v) is 10.1. The van der Waals surface area contributed by atoms with Gasteiger partial charge in [-0.05, 0) is 69.2 Å². The molecule has 0 amide bonds. The van der Waals surface area contributed by atoms with Crippen molar-refractivity contribution in [3.8, 4) is 5.75 Å². The van der Waals surface area contributed by atoms with Crippen molar-refractivity contribution in [1.82, 2.24) is 4.57 Å². The normalized spacial score (nSPS) is 15.7. The monoisotopic (exact) mass is 530 g/mol. The van der Waals surface area contributed by atoms with E-state index in [1.54, 1.807) is 67.8 Å². The highest BCUT2D eigenvalue weighted by molar-refractivity contribution is 7.07. The number of rotatable bonds is 6. The summed E-state index contributed by atoms with van der Waals surface area (Å²) in [6.45, 7) is 7.70. The van der Waals surface area contributed by atoms with E-state index in [4.69, 9.17) is 32.7 Å². The minimum Gasteiger partial charge on any atom is -0.492 e. The van der Waals surface area contributed by atoms with Crippen molar-refractivity contribution in [2.75, 3.05) is 6.61 Å². The van der Waals surface area contributed by atoms with E-state index in [9.17, 15) is 9.59 Å². The molecular formula is C26H24Cl2N2O4S. The molecule has 4 rings (SSSR count). The second-order valence-electron chi connectivity index (χ2n) is 8.21. The van der Waals surface area contributed by atoms with Crippen molar-refractivity contribution < 1.29 is 14.3 Å². The number of carbonyl (C=O) groups excluding carboxylic acids is 1. The highest BCUT2D eigenvalue weighted by Crippen LogP contribution is 2.31. The Hall–Kier alpha value is -2.87. The molecule has 0 radical (unpaired) electrons. The number of nitrogens with zero attached hydrogens (tertiary/aromatic N) is 2. The van der Waals surface area contributed by atoms with Crippen molar-refractivity contribution in [3.05, 3.63) is 94.6 Å². The summed E-state index contributed by atoms with van der Waals surface area (Å²) in [5.74, 6) is 0.0771. The molecule has 35 heavy (non-hydrogen) atoms. The number of hydrogen-bond acceptors (Lipinski definition) is 6. The minimum atomic E-state index is -0.694. The number of benzene rings is 2. The number of hydrogen-bond donors (Lipinski definition) is 0. The maximum absolute atomic E-state index is 13.6. The minimum absolute atomic E-state index is 0.263. The topological polar surface area (TPSA) is 69.9 Å². The molecule has 0 saturated heterocycles. The molecule has 0 fully saturated rings. The Bertz CT molecular complexity index is 1490. The quantitative estimate of drug-likeness (QED) is 0.425. The van der Waals surface area contributed by atoms with Gasteiger partial charge >= 0.3 is 5.97 Å². The van der Waals surface area contributed by atoms with E-state index in [-0.39, 0.29) is 11.7 Å². The molecule has 2 heterocycles. The lowest BCUT2D eigenvalue weighted by Gasteiger charge is -2.25. The van der Waals surface area contributed by atoms with Crippen LogP contribution in [0.15, 0.2) is 63.5 Å². The molecule has 9 heteroatoms. The van der Waals surface area contributed by atoms with Crippen LogP contribution in [0.3, 0.4) is 0 Å². The van der Waals surface area contributed by atoms with Gasteiger partial charge in [-0.1, -0.05) is 52.7 Å². The second kappa shape index (κ2) is 10.4. The smallest absolute Gasteiger partial charge is 0.338 e. The van der Waals surface area contributed by atoms with Gasteiger partial charge in [-0.15, -0.1) is 0 Å². The Morgan fingerprint density at radius 3 is 2.54 bits per heavy atom. The summed E-state index contributed by atoms with van der Waals surface area (Å²) in [5.41, 5.74) is 2.05. The van der Waals surface area contributed by atoms with Crippen LogP contribution in [-0.4, -0.2) is 23.2 Å². The average Bonchev–Trinajstić information content (AvgIpc) is 3.09. The first-order chi connectivity index (χ1) is 16.7. The molecule has 0 N–H and O–H groups in total. The maximum atomic E-state index is 13.6. The van der Waals surface area contributed by atoms with E-state index in [0.29, 0.717) is 43.0 Å². The highest BCUT2D eigenvalue weighted by Gasteiger charge is 2.33. The summed E-state index contributed by atoms with van der Waals surface area (Å²) >= 11 is 13.7. The predicted molar refractivity (Wildman–Crippen MR) is 139 cm³/mol. The summed E-state index contributed by atoms with van der Waals surface area (Å²) in [7, 11) is 0. The van der Waals surface area contributed by atoms with Gasteiger partial charge in [0.2, 0.25) is 0 Å². The van der Waals surface area contributed by atoms with Gasteiger partial charge in [0.25, 0.3) is 5.56 Å². The average molecular weight is 531 g/mol. The molecule has 0 spiro atoms.